The van der Waals surface area contributed by atoms with Gasteiger partial charge in [0.15, 0.2) is 0 Å². The van der Waals surface area contributed by atoms with Crippen molar-refractivity contribution in [2.45, 2.75) is 39.5 Å². The number of hydrogen-bond acceptors (Lipinski definition) is 5. The summed E-state index contributed by atoms with van der Waals surface area (Å²) in [6, 6.07) is 14.1. The Labute approximate surface area is 198 Å². The number of ether oxygens (including phenoxy) is 1. The molecule has 2 heterocycles. The van der Waals surface area contributed by atoms with Gasteiger partial charge in [-0.15, -0.1) is 0 Å². The number of rotatable bonds is 4. The lowest BCUT2D eigenvalue weighted by atomic mass is 9.76. The minimum absolute atomic E-state index is 0.0805. The number of benzene rings is 2. The summed E-state index contributed by atoms with van der Waals surface area (Å²) in [6.07, 6.45) is 2.49. The highest BCUT2D eigenvalue weighted by molar-refractivity contribution is 6.22. The van der Waals surface area contributed by atoms with Crippen LogP contribution in [0.3, 0.4) is 0 Å². The van der Waals surface area contributed by atoms with E-state index < -0.39 is 11.9 Å². The molecular formula is C27H28N2O5. The van der Waals surface area contributed by atoms with E-state index in [2.05, 4.69) is 6.92 Å². The largest absolute Gasteiger partial charge is 0.426 e. The Kier molecular flexibility index (Phi) is 5.71. The van der Waals surface area contributed by atoms with Crippen molar-refractivity contribution in [3.05, 3.63) is 54.1 Å². The minimum Gasteiger partial charge on any atom is -0.426 e. The maximum absolute atomic E-state index is 13.0. The highest BCUT2D eigenvalue weighted by Crippen LogP contribution is 2.42. The van der Waals surface area contributed by atoms with Crippen molar-refractivity contribution in [1.82, 2.24) is 0 Å². The fraction of sp³-hybridized carbons (Fsp3) is 0.407. The van der Waals surface area contributed by atoms with E-state index in [-0.39, 0.29) is 48.3 Å². The van der Waals surface area contributed by atoms with Gasteiger partial charge in [-0.05, 0) is 61.9 Å². The van der Waals surface area contributed by atoms with Crippen molar-refractivity contribution < 1.29 is 23.9 Å². The molecule has 1 aliphatic carbocycles. The molecule has 3 aliphatic rings. The Morgan fingerprint density at radius 1 is 0.941 bits per heavy atom. The highest BCUT2D eigenvalue weighted by atomic mass is 16.5. The number of carbonyl (C=O) groups is 4. The smallest absolute Gasteiger partial charge is 0.316 e. The second-order valence-electron chi connectivity index (χ2n) is 9.81. The van der Waals surface area contributed by atoms with Gasteiger partial charge in [0.25, 0.3) is 0 Å². The molecule has 1 saturated carbocycles. The number of aryl methyl sites for hydroxylation is 1. The van der Waals surface area contributed by atoms with Crippen molar-refractivity contribution in [2.24, 2.45) is 23.7 Å². The average Bonchev–Trinajstić information content (AvgIpc) is 3.31. The van der Waals surface area contributed by atoms with Crippen LogP contribution < -0.4 is 14.5 Å². The molecule has 5 rings (SSSR count). The van der Waals surface area contributed by atoms with E-state index in [4.69, 9.17) is 4.74 Å². The van der Waals surface area contributed by atoms with Gasteiger partial charge in [0.05, 0.1) is 23.4 Å². The van der Waals surface area contributed by atoms with E-state index in [1.165, 1.54) is 4.90 Å². The number of nitrogens with zero attached hydrogens (tertiary/aromatic N) is 2. The fourth-order valence-corrected chi connectivity index (χ4v) is 5.44. The van der Waals surface area contributed by atoms with Crippen LogP contribution in [0.4, 0.5) is 11.4 Å². The topological polar surface area (TPSA) is 84.0 Å². The number of anilines is 2. The van der Waals surface area contributed by atoms with Crippen molar-refractivity contribution in [3.63, 3.8) is 0 Å². The quantitative estimate of drug-likeness (QED) is 0.393. The Hall–Kier alpha value is -3.48. The molecule has 7 heteroatoms. The van der Waals surface area contributed by atoms with E-state index in [1.54, 1.807) is 29.2 Å². The lowest BCUT2D eigenvalue weighted by Crippen LogP contribution is -2.31. The van der Waals surface area contributed by atoms with Crippen LogP contribution in [0.5, 0.6) is 5.75 Å². The first-order valence-electron chi connectivity index (χ1n) is 11.9. The van der Waals surface area contributed by atoms with E-state index in [9.17, 15) is 19.2 Å². The summed E-state index contributed by atoms with van der Waals surface area (Å²) in [5.41, 5.74) is 2.23. The zero-order valence-corrected chi connectivity index (χ0v) is 19.4. The Bertz CT molecular complexity index is 1180. The predicted molar refractivity (Wildman–Crippen MR) is 126 cm³/mol. The monoisotopic (exact) mass is 460 g/mol. The van der Waals surface area contributed by atoms with Crippen molar-refractivity contribution in [2.75, 3.05) is 16.3 Å². The third kappa shape index (κ3) is 4.00. The second-order valence-corrected chi connectivity index (χ2v) is 9.81. The van der Waals surface area contributed by atoms with Crippen molar-refractivity contribution in [1.29, 1.82) is 0 Å². The highest BCUT2D eigenvalue weighted by Gasteiger charge is 2.50. The summed E-state index contributed by atoms with van der Waals surface area (Å²) in [7, 11) is 0. The van der Waals surface area contributed by atoms with Gasteiger partial charge in [0.1, 0.15) is 5.75 Å². The maximum atomic E-state index is 13.0. The Morgan fingerprint density at radius 3 is 2.47 bits per heavy atom. The molecule has 34 heavy (non-hydrogen) atoms. The molecule has 0 N–H and O–H groups in total. The van der Waals surface area contributed by atoms with Crippen LogP contribution in [-0.4, -0.2) is 30.2 Å². The van der Waals surface area contributed by atoms with E-state index in [1.807, 2.05) is 31.2 Å². The number of fused-ring (bicyclic) bond motifs is 1. The lowest BCUT2D eigenvalue weighted by molar-refractivity contribution is -0.139. The molecular weight excluding hydrogens is 432 g/mol. The Balaban J connectivity index is 1.29. The lowest BCUT2D eigenvalue weighted by Gasteiger charge is -2.25. The van der Waals surface area contributed by atoms with Crippen molar-refractivity contribution in [3.8, 4) is 5.75 Å². The standard InChI is InChI=1S/C27H28N2O5/c1-16-5-3-6-19(11-16)28-15-18(13-24(28)30)27(33)34-21-8-4-7-20(14-21)29-25(31)22-10-9-17(2)12-23(22)26(29)32/h3-8,11,14,17-18,22-23H,9-10,12-13,15H2,1-2H3/t17-,18+,22+,23+/m1/s1. The van der Waals surface area contributed by atoms with Crippen molar-refractivity contribution >= 4 is 35.1 Å². The molecule has 2 aliphatic heterocycles. The van der Waals surface area contributed by atoms with E-state index in [0.717, 1.165) is 30.5 Å². The van der Waals surface area contributed by atoms with Crippen LogP contribution >= 0.6 is 0 Å². The first-order chi connectivity index (χ1) is 16.3. The molecule has 2 saturated heterocycles. The van der Waals surface area contributed by atoms with Gasteiger partial charge in [-0.25, -0.2) is 4.90 Å². The number of amides is 3. The molecule has 0 bridgehead atoms. The molecule has 4 atom stereocenters. The zero-order chi connectivity index (χ0) is 24.0. The average molecular weight is 461 g/mol. The summed E-state index contributed by atoms with van der Waals surface area (Å²) in [5.74, 6) is -1.37. The zero-order valence-electron chi connectivity index (χ0n) is 19.4. The molecule has 0 spiro atoms. The fourth-order valence-electron chi connectivity index (χ4n) is 5.44. The summed E-state index contributed by atoms with van der Waals surface area (Å²) >= 11 is 0. The van der Waals surface area contributed by atoms with Gasteiger partial charge in [-0.2, -0.15) is 0 Å². The van der Waals surface area contributed by atoms with Gasteiger partial charge in [0.2, 0.25) is 17.7 Å². The van der Waals surface area contributed by atoms with E-state index in [0.29, 0.717) is 11.6 Å². The summed E-state index contributed by atoms with van der Waals surface area (Å²) in [4.78, 5) is 54.3. The molecule has 3 amide bonds. The van der Waals surface area contributed by atoms with E-state index >= 15 is 0 Å². The van der Waals surface area contributed by atoms with Gasteiger partial charge in [0, 0.05) is 24.7 Å². The van der Waals surface area contributed by atoms with Gasteiger partial charge < -0.3 is 9.64 Å². The van der Waals surface area contributed by atoms with Gasteiger partial charge in [-0.3, -0.25) is 19.2 Å². The molecule has 0 unspecified atom stereocenters. The molecule has 3 fully saturated rings. The molecule has 7 nitrogen and oxygen atoms in total. The molecule has 0 radical (unpaired) electrons. The first-order valence-corrected chi connectivity index (χ1v) is 11.9. The third-order valence-electron chi connectivity index (χ3n) is 7.25. The SMILES string of the molecule is Cc1cccc(N2C[C@@H](C(=O)Oc3cccc(N4C(=O)[C@H]5CC[C@@H](C)C[C@@H]5C4=O)c3)CC2=O)c1. The van der Waals surface area contributed by atoms with Crippen LogP contribution in [-0.2, 0) is 19.2 Å². The summed E-state index contributed by atoms with van der Waals surface area (Å²) in [6.45, 7) is 4.32. The minimum atomic E-state index is -0.587. The normalized spacial score (nSPS) is 26.7. The second kappa shape index (κ2) is 8.70. The van der Waals surface area contributed by atoms with Crippen LogP contribution in [0.2, 0.25) is 0 Å². The number of carbonyl (C=O) groups excluding carboxylic acids is 4. The molecule has 2 aromatic rings. The Morgan fingerprint density at radius 2 is 1.68 bits per heavy atom. The van der Waals surface area contributed by atoms with Gasteiger partial charge >= 0.3 is 5.97 Å². The van der Waals surface area contributed by atoms with Crippen LogP contribution in [0.25, 0.3) is 0 Å². The van der Waals surface area contributed by atoms with Crippen LogP contribution in [0.15, 0.2) is 48.5 Å². The molecule has 0 aromatic heterocycles. The van der Waals surface area contributed by atoms with Gasteiger partial charge in [-0.1, -0.05) is 25.1 Å². The summed E-state index contributed by atoms with van der Waals surface area (Å²) in [5, 5.41) is 0. The number of esters is 1. The third-order valence-corrected chi connectivity index (χ3v) is 7.25. The number of imide groups is 1. The molecule has 2 aromatic carbocycles. The first kappa shape index (κ1) is 22.3. The number of hydrogen-bond donors (Lipinski definition) is 0. The predicted octanol–water partition coefficient (Wildman–Crippen LogP) is 3.88. The van der Waals surface area contributed by atoms with Crippen LogP contribution in [0, 0.1) is 30.6 Å². The van der Waals surface area contributed by atoms with Crippen LogP contribution in [0.1, 0.15) is 38.2 Å². The maximum Gasteiger partial charge on any atom is 0.316 e. The summed E-state index contributed by atoms with van der Waals surface area (Å²) < 4.78 is 5.59. The molecule has 176 valence electrons.